The molecule has 23 heavy (non-hydrogen) atoms. The van der Waals surface area contributed by atoms with Gasteiger partial charge in [-0.05, 0) is 55.9 Å². The quantitative estimate of drug-likeness (QED) is 0.885. The fourth-order valence-corrected chi connectivity index (χ4v) is 4.20. The lowest BCUT2D eigenvalue weighted by Crippen LogP contribution is -2.33. The van der Waals surface area contributed by atoms with E-state index in [0.29, 0.717) is 6.04 Å². The minimum atomic E-state index is 0.469. The van der Waals surface area contributed by atoms with Gasteiger partial charge in [-0.3, -0.25) is 4.90 Å². The van der Waals surface area contributed by atoms with E-state index in [2.05, 4.69) is 40.7 Å². The van der Waals surface area contributed by atoms with Gasteiger partial charge in [-0.1, -0.05) is 6.07 Å². The largest absolute Gasteiger partial charge is 0.340 e. The Labute approximate surface area is 142 Å². The highest BCUT2D eigenvalue weighted by Gasteiger charge is 2.23. The first-order chi connectivity index (χ1) is 11.2. The third-order valence-electron chi connectivity index (χ3n) is 4.86. The van der Waals surface area contributed by atoms with Crippen LogP contribution in [0.15, 0.2) is 23.6 Å². The minimum Gasteiger partial charge on any atom is -0.340 e. The average Bonchev–Trinajstić information content (AvgIpc) is 3.30. The van der Waals surface area contributed by atoms with E-state index < -0.39 is 0 Å². The van der Waals surface area contributed by atoms with Crippen LogP contribution >= 0.6 is 11.3 Å². The maximum Gasteiger partial charge on any atom is 0.120 e. The standard InChI is InChI=1S/C18H24N4S/c1-14-15(10-16(11-19)21(14)2)12-20-13-17(18-6-5-9-23-18)22-7-3-4-8-22/h5-6,9-10,17,20H,3-4,7-8,12-13H2,1-2H3/t17-/m1/s1. The van der Waals surface area contributed by atoms with Crippen LogP contribution < -0.4 is 5.32 Å². The van der Waals surface area contributed by atoms with Crippen molar-refractivity contribution in [1.82, 2.24) is 14.8 Å². The van der Waals surface area contributed by atoms with Gasteiger partial charge in [0.2, 0.25) is 0 Å². The second-order valence-corrected chi connectivity index (χ2v) is 7.20. The summed E-state index contributed by atoms with van der Waals surface area (Å²) in [6, 6.07) is 9.11. The first-order valence-corrected chi connectivity index (χ1v) is 9.12. The Morgan fingerprint density at radius 2 is 2.17 bits per heavy atom. The maximum atomic E-state index is 9.14. The number of nitriles is 1. The van der Waals surface area contributed by atoms with E-state index in [-0.39, 0.29) is 0 Å². The summed E-state index contributed by atoms with van der Waals surface area (Å²) in [6.07, 6.45) is 2.62. The summed E-state index contributed by atoms with van der Waals surface area (Å²) < 4.78 is 1.97. The van der Waals surface area contributed by atoms with Crippen LogP contribution in [0.3, 0.4) is 0 Å². The second-order valence-electron chi connectivity index (χ2n) is 6.22. The summed E-state index contributed by atoms with van der Waals surface area (Å²) in [5.41, 5.74) is 3.12. The molecular weight excluding hydrogens is 304 g/mol. The molecule has 1 atom stereocenters. The molecule has 4 nitrogen and oxygen atoms in total. The molecule has 122 valence electrons. The fraction of sp³-hybridized carbons (Fsp3) is 0.500. The summed E-state index contributed by atoms with van der Waals surface area (Å²) in [5, 5.41) is 14.9. The van der Waals surface area contributed by atoms with Gasteiger partial charge in [0.25, 0.3) is 0 Å². The summed E-state index contributed by atoms with van der Waals surface area (Å²) in [7, 11) is 1.95. The second kappa shape index (κ2) is 7.31. The van der Waals surface area contributed by atoms with Crippen LogP contribution in [-0.4, -0.2) is 29.1 Å². The van der Waals surface area contributed by atoms with Crippen LogP contribution in [0.2, 0.25) is 0 Å². The number of nitrogens with zero attached hydrogens (tertiary/aromatic N) is 3. The van der Waals surface area contributed by atoms with Crippen molar-refractivity contribution >= 4 is 11.3 Å². The lowest BCUT2D eigenvalue weighted by atomic mass is 10.2. The van der Waals surface area contributed by atoms with Crippen molar-refractivity contribution in [2.75, 3.05) is 19.6 Å². The Morgan fingerprint density at radius 3 is 2.78 bits per heavy atom. The number of hydrogen-bond acceptors (Lipinski definition) is 4. The average molecular weight is 328 g/mol. The highest BCUT2D eigenvalue weighted by Crippen LogP contribution is 2.28. The normalized spacial score (nSPS) is 16.6. The van der Waals surface area contributed by atoms with Gasteiger partial charge in [-0.15, -0.1) is 11.3 Å². The molecule has 0 radical (unpaired) electrons. The molecule has 1 aliphatic heterocycles. The summed E-state index contributed by atoms with van der Waals surface area (Å²) in [5.74, 6) is 0. The molecule has 0 spiro atoms. The number of thiophene rings is 1. The molecule has 0 unspecified atom stereocenters. The highest BCUT2D eigenvalue weighted by molar-refractivity contribution is 7.10. The molecule has 0 aliphatic carbocycles. The molecule has 1 saturated heterocycles. The molecule has 2 aromatic rings. The molecule has 0 aromatic carbocycles. The van der Waals surface area contributed by atoms with E-state index in [9.17, 15) is 0 Å². The third-order valence-corrected chi connectivity index (χ3v) is 5.83. The molecule has 0 amide bonds. The topological polar surface area (TPSA) is 44.0 Å². The zero-order valence-electron chi connectivity index (χ0n) is 13.9. The van der Waals surface area contributed by atoms with Crippen LogP contribution in [-0.2, 0) is 13.6 Å². The minimum absolute atomic E-state index is 0.469. The molecule has 1 N–H and O–H groups in total. The summed E-state index contributed by atoms with van der Waals surface area (Å²) >= 11 is 1.85. The molecule has 2 aromatic heterocycles. The predicted molar refractivity (Wildman–Crippen MR) is 94.4 cm³/mol. The van der Waals surface area contributed by atoms with E-state index in [0.717, 1.165) is 18.8 Å². The van der Waals surface area contributed by atoms with E-state index >= 15 is 0 Å². The van der Waals surface area contributed by atoms with Crippen molar-refractivity contribution in [2.24, 2.45) is 7.05 Å². The Hall–Kier alpha value is -1.61. The molecule has 3 rings (SSSR count). The van der Waals surface area contributed by atoms with Crippen LogP contribution in [0, 0.1) is 18.3 Å². The third kappa shape index (κ3) is 3.50. The van der Waals surface area contributed by atoms with Gasteiger partial charge in [0, 0.05) is 30.7 Å². The van der Waals surface area contributed by atoms with Crippen molar-refractivity contribution in [2.45, 2.75) is 32.4 Å². The molecule has 1 fully saturated rings. The van der Waals surface area contributed by atoms with E-state index in [1.165, 1.54) is 42.1 Å². The van der Waals surface area contributed by atoms with E-state index in [1.807, 2.05) is 29.0 Å². The van der Waals surface area contributed by atoms with Gasteiger partial charge in [-0.2, -0.15) is 5.26 Å². The van der Waals surface area contributed by atoms with Gasteiger partial charge in [0.05, 0.1) is 6.04 Å². The lowest BCUT2D eigenvalue weighted by Gasteiger charge is -2.27. The highest BCUT2D eigenvalue weighted by atomic mass is 32.1. The van der Waals surface area contributed by atoms with Gasteiger partial charge in [-0.25, -0.2) is 0 Å². The molecule has 0 saturated carbocycles. The van der Waals surface area contributed by atoms with Crippen LogP contribution in [0.5, 0.6) is 0 Å². The zero-order chi connectivity index (χ0) is 16.2. The molecule has 3 heterocycles. The Balaban J connectivity index is 1.64. The Bertz CT molecular complexity index is 675. The lowest BCUT2D eigenvalue weighted by molar-refractivity contribution is 0.241. The fourth-order valence-electron chi connectivity index (χ4n) is 3.34. The zero-order valence-corrected chi connectivity index (χ0v) is 14.7. The summed E-state index contributed by atoms with van der Waals surface area (Å²) in [4.78, 5) is 4.04. The van der Waals surface area contributed by atoms with Crippen LogP contribution in [0.25, 0.3) is 0 Å². The maximum absolute atomic E-state index is 9.14. The molecule has 0 bridgehead atoms. The smallest absolute Gasteiger partial charge is 0.120 e. The van der Waals surface area contributed by atoms with Gasteiger partial charge in [0.1, 0.15) is 11.8 Å². The number of nitrogens with one attached hydrogen (secondary N) is 1. The number of hydrogen-bond donors (Lipinski definition) is 1. The van der Waals surface area contributed by atoms with Crippen molar-refractivity contribution in [1.29, 1.82) is 5.26 Å². The molecular formula is C18H24N4S. The van der Waals surface area contributed by atoms with Crippen molar-refractivity contribution in [3.63, 3.8) is 0 Å². The predicted octanol–water partition coefficient (Wildman–Crippen LogP) is 3.19. The SMILES string of the molecule is Cc1c(CNC[C@H](c2cccs2)N2CCCC2)cc(C#N)n1C. The van der Waals surface area contributed by atoms with Gasteiger partial charge >= 0.3 is 0 Å². The first-order valence-electron chi connectivity index (χ1n) is 8.24. The number of aromatic nitrogens is 1. The Kier molecular flexibility index (Phi) is 5.16. The number of rotatable bonds is 6. The number of likely N-dealkylation sites (tertiary alicyclic amines) is 1. The van der Waals surface area contributed by atoms with Gasteiger partial charge in [0.15, 0.2) is 0 Å². The summed E-state index contributed by atoms with van der Waals surface area (Å²) in [6.45, 7) is 6.25. The Morgan fingerprint density at radius 1 is 1.39 bits per heavy atom. The molecule has 1 aliphatic rings. The van der Waals surface area contributed by atoms with Crippen molar-refractivity contribution in [3.8, 4) is 6.07 Å². The van der Waals surface area contributed by atoms with E-state index in [1.54, 1.807) is 0 Å². The van der Waals surface area contributed by atoms with Crippen LogP contribution in [0.4, 0.5) is 0 Å². The van der Waals surface area contributed by atoms with Crippen molar-refractivity contribution < 1.29 is 0 Å². The van der Waals surface area contributed by atoms with E-state index in [4.69, 9.17) is 5.26 Å². The van der Waals surface area contributed by atoms with Crippen molar-refractivity contribution in [3.05, 3.63) is 45.4 Å². The molecule has 5 heteroatoms. The first kappa shape index (κ1) is 16.3. The van der Waals surface area contributed by atoms with Gasteiger partial charge < -0.3 is 9.88 Å². The monoisotopic (exact) mass is 328 g/mol. The van der Waals surface area contributed by atoms with Crippen LogP contribution in [0.1, 0.15) is 40.7 Å².